The van der Waals surface area contributed by atoms with Crippen molar-refractivity contribution in [2.45, 2.75) is 6.92 Å². The molecule has 0 atom stereocenters. The average molecular weight is 369 g/mol. The van der Waals surface area contributed by atoms with Crippen LogP contribution in [0, 0.1) is 18.4 Å². The first kappa shape index (κ1) is 16.9. The maximum Gasteiger partial charge on any atom is 0.236 e. The van der Waals surface area contributed by atoms with Crippen LogP contribution in [0.3, 0.4) is 0 Å². The highest BCUT2D eigenvalue weighted by atomic mass is 32.1. The molecule has 4 aromatic rings. The van der Waals surface area contributed by atoms with Gasteiger partial charge in [-0.05, 0) is 24.1 Å². The molecule has 0 fully saturated rings. The number of nitriles is 1. The molecule has 0 bridgehead atoms. The van der Waals surface area contributed by atoms with Crippen molar-refractivity contribution in [3.05, 3.63) is 72.6 Å². The van der Waals surface area contributed by atoms with E-state index >= 15 is 0 Å². The van der Waals surface area contributed by atoms with Crippen LogP contribution in [0.1, 0.15) is 5.69 Å². The summed E-state index contributed by atoms with van der Waals surface area (Å²) in [6, 6.07) is 20.5. The van der Waals surface area contributed by atoms with Crippen molar-refractivity contribution in [2.24, 2.45) is 0 Å². The number of nitrogens with one attached hydrogen (secondary N) is 1. The number of hydrogen-bond acceptors (Lipinski definition) is 6. The minimum Gasteiger partial charge on any atom is -0.261 e. The molecule has 1 N–H and O–H groups in total. The van der Waals surface area contributed by atoms with Gasteiger partial charge in [0.15, 0.2) is 6.19 Å². The Bertz CT molecular complexity index is 1110. The van der Waals surface area contributed by atoms with E-state index in [0.29, 0.717) is 0 Å². The quantitative estimate of drug-likeness (QED) is 0.398. The maximum absolute atomic E-state index is 8.74. The molecule has 0 aliphatic rings. The summed E-state index contributed by atoms with van der Waals surface area (Å²) in [6.45, 7) is 1.97. The smallest absolute Gasteiger partial charge is 0.236 e. The molecule has 27 heavy (non-hydrogen) atoms. The Morgan fingerprint density at radius 3 is 2.33 bits per heavy atom. The van der Waals surface area contributed by atoms with Gasteiger partial charge in [-0.1, -0.05) is 54.6 Å². The standard InChI is InChI=1S/C21H15N5S/c1-14-19(18-11-12-23-21(26-18)24-13-22)27-20(25-14)17-9-7-16(8-10-17)15-5-3-2-4-6-15/h2-12H,1H3,(H,23,24,26). The molecule has 0 saturated carbocycles. The Hall–Kier alpha value is -3.56. The Labute approximate surface area is 161 Å². The first-order chi connectivity index (χ1) is 13.2. The molecule has 0 unspecified atom stereocenters. The van der Waals surface area contributed by atoms with Crippen LogP contribution in [0.2, 0.25) is 0 Å². The number of aromatic nitrogens is 3. The lowest BCUT2D eigenvalue weighted by Gasteiger charge is -2.02. The van der Waals surface area contributed by atoms with Crippen LogP contribution in [-0.4, -0.2) is 15.0 Å². The van der Waals surface area contributed by atoms with Crippen molar-refractivity contribution in [2.75, 3.05) is 5.32 Å². The van der Waals surface area contributed by atoms with Crippen LogP contribution in [0.25, 0.3) is 32.3 Å². The topological polar surface area (TPSA) is 74.5 Å². The molecule has 0 amide bonds. The summed E-state index contributed by atoms with van der Waals surface area (Å²) in [5.74, 6) is 0.288. The van der Waals surface area contributed by atoms with Gasteiger partial charge in [0.2, 0.25) is 5.95 Å². The molecule has 0 aliphatic heterocycles. The molecule has 6 heteroatoms. The van der Waals surface area contributed by atoms with E-state index in [-0.39, 0.29) is 5.95 Å². The molecule has 2 heterocycles. The molecule has 0 radical (unpaired) electrons. The summed E-state index contributed by atoms with van der Waals surface area (Å²) in [5.41, 5.74) is 5.10. The third-order valence-electron chi connectivity index (χ3n) is 4.09. The number of rotatable bonds is 4. The fourth-order valence-electron chi connectivity index (χ4n) is 2.79. The van der Waals surface area contributed by atoms with Crippen molar-refractivity contribution in [1.82, 2.24) is 15.0 Å². The third kappa shape index (κ3) is 3.54. The summed E-state index contributed by atoms with van der Waals surface area (Å²) in [7, 11) is 0. The SMILES string of the molecule is Cc1nc(-c2ccc(-c3ccccc3)cc2)sc1-c1ccnc(NC#N)n1. The van der Waals surface area contributed by atoms with Gasteiger partial charge in [0.05, 0.1) is 16.3 Å². The van der Waals surface area contributed by atoms with Gasteiger partial charge in [-0.25, -0.2) is 15.0 Å². The number of anilines is 1. The van der Waals surface area contributed by atoms with E-state index in [1.165, 1.54) is 11.1 Å². The molecule has 2 aromatic heterocycles. The van der Waals surface area contributed by atoms with E-state index in [4.69, 9.17) is 10.2 Å². The van der Waals surface area contributed by atoms with E-state index in [9.17, 15) is 0 Å². The van der Waals surface area contributed by atoms with Gasteiger partial charge in [-0.2, -0.15) is 5.26 Å². The fraction of sp³-hybridized carbons (Fsp3) is 0.0476. The molecule has 0 aliphatic carbocycles. The predicted octanol–water partition coefficient (Wildman–Crippen LogP) is 5.14. The minimum atomic E-state index is 0.288. The summed E-state index contributed by atoms with van der Waals surface area (Å²) in [4.78, 5) is 14.1. The third-order valence-corrected chi connectivity index (χ3v) is 5.32. The van der Waals surface area contributed by atoms with E-state index < -0.39 is 0 Å². The minimum absolute atomic E-state index is 0.288. The summed E-state index contributed by atoms with van der Waals surface area (Å²) in [6.07, 6.45) is 3.47. The summed E-state index contributed by atoms with van der Waals surface area (Å²) in [5, 5.41) is 12.1. The van der Waals surface area contributed by atoms with Gasteiger partial charge < -0.3 is 0 Å². The Balaban J connectivity index is 1.65. The van der Waals surface area contributed by atoms with Gasteiger partial charge in [-0.15, -0.1) is 11.3 Å². The first-order valence-corrected chi connectivity index (χ1v) is 9.18. The second-order valence-electron chi connectivity index (χ2n) is 5.88. The zero-order chi connectivity index (χ0) is 18.6. The number of nitrogens with zero attached hydrogens (tertiary/aromatic N) is 4. The van der Waals surface area contributed by atoms with Crippen molar-refractivity contribution in [3.8, 4) is 38.5 Å². The lowest BCUT2D eigenvalue weighted by Crippen LogP contribution is -1.96. The monoisotopic (exact) mass is 369 g/mol. The lowest BCUT2D eigenvalue weighted by molar-refractivity contribution is 1.16. The first-order valence-electron chi connectivity index (χ1n) is 8.36. The van der Waals surface area contributed by atoms with Gasteiger partial charge in [0.1, 0.15) is 5.01 Å². The lowest BCUT2D eigenvalue weighted by atomic mass is 10.0. The average Bonchev–Trinajstić information content (AvgIpc) is 3.11. The van der Waals surface area contributed by atoms with Crippen molar-refractivity contribution >= 4 is 17.3 Å². The van der Waals surface area contributed by atoms with Crippen LogP contribution in [0.5, 0.6) is 0 Å². The molecule has 5 nitrogen and oxygen atoms in total. The summed E-state index contributed by atoms with van der Waals surface area (Å²) >= 11 is 1.58. The second-order valence-corrected chi connectivity index (χ2v) is 6.88. The zero-order valence-corrected chi connectivity index (χ0v) is 15.4. The van der Waals surface area contributed by atoms with Crippen LogP contribution in [0.4, 0.5) is 5.95 Å². The van der Waals surface area contributed by atoms with E-state index in [2.05, 4.69) is 51.7 Å². The number of aryl methyl sites for hydroxylation is 1. The summed E-state index contributed by atoms with van der Waals surface area (Å²) < 4.78 is 0. The number of benzene rings is 2. The van der Waals surface area contributed by atoms with E-state index in [1.807, 2.05) is 37.4 Å². The predicted molar refractivity (Wildman–Crippen MR) is 108 cm³/mol. The molecule has 130 valence electrons. The molecule has 2 aromatic carbocycles. The zero-order valence-electron chi connectivity index (χ0n) is 14.5. The molecule has 0 saturated heterocycles. The molecule has 0 spiro atoms. The van der Waals surface area contributed by atoms with Crippen molar-refractivity contribution in [1.29, 1.82) is 5.26 Å². The van der Waals surface area contributed by atoms with Crippen molar-refractivity contribution in [3.63, 3.8) is 0 Å². The highest BCUT2D eigenvalue weighted by Crippen LogP contribution is 2.35. The normalized spacial score (nSPS) is 10.4. The van der Waals surface area contributed by atoms with Crippen molar-refractivity contribution < 1.29 is 0 Å². The van der Waals surface area contributed by atoms with Crippen LogP contribution < -0.4 is 5.32 Å². The Kier molecular flexibility index (Phi) is 4.60. The fourth-order valence-corrected chi connectivity index (χ4v) is 3.83. The second kappa shape index (κ2) is 7.36. The molecular formula is C21H15N5S. The number of hydrogen-bond donors (Lipinski definition) is 1. The largest absolute Gasteiger partial charge is 0.261 e. The van der Waals surface area contributed by atoms with Gasteiger partial charge in [0.25, 0.3) is 0 Å². The molecule has 4 rings (SSSR count). The van der Waals surface area contributed by atoms with E-state index in [0.717, 1.165) is 26.8 Å². The van der Waals surface area contributed by atoms with Gasteiger partial charge in [-0.3, -0.25) is 5.32 Å². The van der Waals surface area contributed by atoms with Gasteiger partial charge in [0, 0.05) is 11.8 Å². The van der Waals surface area contributed by atoms with Crippen LogP contribution >= 0.6 is 11.3 Å². The Morgan fingerprint density at radius 1 is 0.889 bits per heavy atom. The Morgan fingerprint density at radius 2 is 1.59 bits per heavy atom. The highest BCUT2D eigenvalue weighted by Gasteiger charge is 2.13. The van der Waals surface area contributed by atoms with Crippen LogP contribution in [0.15, 0.2) is 66.9 Å². The van der Waals surface area contributed by atoms with Crippen LogP contribution in [-0.2, 0) is 0 Å². The van der Waals surface area contributed by atoms with Gasteiger partial charge >= 0.3 is 0 Å². The maximum atomic E-state index is 8.74. The number of thiazole rings is 1. The molecular weight excluding hydrogens is 354 g/mol. The van der Waals surface area contributed by atoms with E-state index in [1.54, 1.807) is 17.5 Å². The highest BCUT2D eigenvalue weighted by molar-refractivity contribution is 7.18.